The van der Waals surface area contributed by atoms with E-state index in [0.717, 1.165) is 17.0 Å². The highest BCUT2D eigenvalue weighted by Gasteiger charge is 2.12. The molecule has 3 aromatic rings. The fourth-order valence-electron chi connectivity index (χ4n) is 1.80. The number of aromatic nitrogens is 2. The average molecular weight is 285 g/mol. The Morgan fingerprint density at radius 2 is 2.20 bits per heavy atom. The number of carbonyl (C=O) groups excluding carboxylic acids is 1. The lowest BCUT2D eigenvalue weighted by Gasteiger charge is -2.06. The van der Waals surface area contributed by atoms with Crippen molar-refractivity contribution >= 4 is 17.2 Å². The molecule has 6 heteroatoms. The maximum absolute atomic E-state index is 11.8. The van der Waals surface area contributed by atoms with Crippen LogP contribution in [0.2, 0.25) is 0 Å². The first-order chi connectivity index (χ1) is 9.84. The predicted octanol–water partition coefficient (Wildman–Crippen LogP) is 2.73. The van der Waals surface area contributed by atoms with Gasteiger partial charge in [0, 0.05) is 23.3 Å². The molecule has 0 unspecified atom stereocenters. The van der Waals surface area contributed by atoms with Crippen molar-refractivity contribution in [2.75, 3.05) is 0 Å². The molecule has 1 amide bonds. The molecule has 0 aliphatic rings. The first-order valence-corrected chi connectivity index (χ1v) is 6.93. The van der Waals surface area contributed by atoms with Gasteiger partial charge in [-0.3, -0.25) is 14.8 Å². The standard InChI is InChI=1S/C14H11N3O2S/c18-14(12-2-1-6-19-12)17-8-11-13(16-5-4-15-11)10-3-7-20-9-10/h1-7,9H,8H2,(H,17,18). The Kier molecular flexibility index (Phi) is 3.56. The molecule has 1 N–H and O–H groups in total. The normalized spacial score (nSPS) is 10.4. The minimum Gasteiger partial charge on any atom is -0.459 e. The highest BCUT2D eigenvalue weighted by molar-refractivity contribution is 7.08. The third kappa shape index (κ3) is 2.60. The van der Waals surface area contributed by atoms with Crippen LogP contribution in [0.3, 0.4) is 0 Å². The van der Waals surface area contributed by atoms with E-state index in [0.29, 0.717) is 6.54 Å². The van der Waals surface area contributed by atoms with Crippen LogP contribution in [0.5, 0.6) is 0 Å². The van der Waals surface area contributed by atoms with E-state index < -0.39 is 0 Å². The number of amides is 1. The maximum Gasteiger partial charge on any atom is 0.287 e. The van der Waals surface area contributed by atoms with Crippen LogP contribution < -0.4 is 5.32 Å². The smallest absolute Gasteiger partial charge is 0.287 e. The second kappa shape index (κ2) is 5.66. The van der Waals surface area contributed by atoms with E-state index in [9.17, 15) is 4.79 Å². The van der Waals surface area contributed by atoms with Crippen molar-refractivity contribution in [3.05, 3.63) is 59.1 Å². The number of nitrogens with one attached hydrogen (secondary N) is 1. The van der Waals surface area contributed by atoms with Gasteiger partial charge in [-0.25, -0.2) is 0 Å². The summed E-state index contributed by atoms with van der Waals surface area (Å²) in [6.07, 6.45) is 4.73. The molecule has 0 aliphatic heterocycles. The van der Waals surface area contributed by atoms with Crippen molar-refractivity contribution in [3.8, 4) is 11.3 Å². The topological polar surface area (TPSA) is 68.0 Å². The Balaban J connectivity index is 1.77. The summed E-state index contributed by atoms with van der Waals surface area (Å²) in [6.45, 7) is 0.304. The summed E-state index contributed by atoms with van der Waals surface area (Å²) in [5, 5.41) is 6.76. The second-order valence-electron chi connectivity index (χ2n) is 4.02. The Morgan fingerprint density at radius 3 is 2.95 bits per heavy atom. The number of rotatable bonds is 4. The summed E-state index contributed by atoms with van der Waals surface area (Å²) in [5.41, 5.74) is 2.52. The van der Waals surface area contributed by atoms with E-state index in [4.69, 9.17) is 4.42 Å². The Morgan fingerprint density at radius 1 is 1.30 bits per heavy atom. The van der Waals surface area contributed by atoms with Gasteiger partial charge in [-0.15, -0.1) is 0 Å². The van der Waals surface area contributed by atoms with E-state index in [2.05, 4.69) is 15.3 Å². The zero-order valence-electron chi connectivity index (χ0n) is 10.4. The quantitative estimate of drug-likeness (QED) is 0.800. The van der Waals surface area contributed by atoms with Gasteiger partial charge in [-0.1, -0.05) is 0 Å². The van der Waals surface area contributed by atoms with Crippen LogP contribution in [0.15, 0.2) is 52.0 Å². The van der Waals surface area contributed by atoms with E-state index in [1.54, 1.807) is 35.9 Å². The van der Waals surface area contributed by atoms with Gasteiger partial charge in [0.15, 0.2) is 5.76 Å². The van der Waals surface area contributed by atoms with Gasteiger partial charge in [-0.2, -0.15) is 11.3 Å². The van der Waals surface area contributed by atoms with Crippen molar-refractivity contribution in [2.45, 2.75) is 6.54 Å². The van der Waals surface area contributed by atoms with Gasteiger partial charge in [0.1, 0.15) is 0 Å². The van der Waals surface area contributed by atoms with E-state index in [1.165, 1.54) is 6.26 Å². The van der Waals surface area contributed by atoms with Gasteiger partial charge in [-0.05, 0) is 23.6 Å². The molecule has 3 heterocycles. The van der Waals surface area contributed by atoms with Crippen LogP contribution in [-0.4, -0.2) is 15.9 Å². The molecule has 3 aromatic heterocycles. The Bertz CT molecular complexity index is 693. The molecule has 0 bridgehead atoms. The number of hydrogen-bond acceptors (Lipinski definition) is 5. The van der Waals surface area contributed by atoms with Crippen LogP contribution in [-0.2, 0) is 6.54 Å². The molecule has 0 radical (unpaired) electrons. The Hall–Kier alpha value is -2.47. The number of carbonyl (C=O) groups is 1. The molecule has 0 atom stereocenters. The van der Waals surface area contributed by atoms with Crippen LogP contribution in [0, 0.1) is 0 Å². The first-order valence-electron chi connectivity index (χ1n) is 5.99. The van der Waals surface area contributed by atoms with E-state index in [1.807, 2.05) is 16.8 Å². The molecule has 0 saturated carbocycles. The number of nitrogens with zero attached hydrogens (tertiary/aromatic N) is 2. The second-order valence-corrected chi connectivity index (χ2v) is 4.80. The average Bonchev–Trinajstić information content (AvgIpc) is 3.17. The lowest BCUT2D eigenvalue weighted by molar-refractivity contribution is 0.0922. The van der Waals surface area contributed by atoms with E-state index >= 15 is 0 Å². The minimum atomic E-state index is -0.267. The molecule has 0 spiro atoms. The van der Waals surface area contributed by atoms with Crippen LogP contribution in [0.25, 0.3) is 11.3 Å². The van der Waals surface area contributed by atoms with E-state index in [-0.39, 0.29) is 11.7 Å². The van der Waals surface area contributed by atoms with Crippen molar-refractivity contribution in [1.82, 2.24) is 15.3 Å². The molecule has 100 valence electrons. The number of hydrogen-bond donors (Lipinski definition) is 1. The summed E-state index contributed by atoms with van der Waals surface area (Å²) in [5.74, 6) is 0.0166. The summed E-state index contributed by atoms with van der Waals surface area (Å²) < 4.78 is 5.04. The molecule has 20 heavy (non-hydrogen) atoms. The molecule has 0 fully saturated rings. The van der Waals surface area contributed by atoms with Crippen LogP contribution >= 0.6 is 11.3 Å². The van der Waals surface area contributed by atoms with Crippen molar-refractivity contribution in [2.24, 2.45) is 0 Å². The monoisotopic (exact) mass is 285 g/mol. The lowest BCUT2D eigenvalue weighted by Crippen LogP contribution is -2.23. The predicted molar refractivity (Wildman–Crippen MR) is 75.2 cm³/mol. The number of furan rings is 1. The molecular formula is C14H11N3O2S. The first kappa shape index (κ1) is 12.6. The summed E-state index contributed by atoms with van der Waals surface area (Å²) in [4.78, 5) is 20.4. The zero-order chi connectivity index (χ0) is 13.8. The molecule has 0 aromatic carbocycles. The Labute approximate surface area is 119 Å². The minimum absolute atomic E-state index is 0.267. The highest BCUT2D eigenvalue weighted by atomic mass is 32.1. The van der Waals surface area contributed by atoms with Crippen LogP contribution in [0.1, 0.15) is 16.2 Å². The van der Waals surface area contributed by atoms with Crippen LogP contribution in [0.4, 0.5) is 0 Å². The SMILES string of the molecule is O=C(NCc1nccnc1-c1ccsc1)c1ccco1. The molecule has 3 rings (SSSR count). The maximum atomic E-state index is 11.8. The highest BCUT2D eigenvalue weighted by Crippen LogP contribution is 2.22. The molecule has 0 saturated heterocycles. The molecular weight excluding hydrogens is 274 g/mol. The van der Waals surface area contributed by atoms with Crippen molar-refractivity contribution in [3.63, 3.8) is 0 Å². The fraction of sp³-hybridized carbons (Fsp3) is 0.0714. The summed E-state index contributed by atoms with van der Waals surface area (Å²) in [7, 11) is 0. The van der Waals surface area contributed by atoms with Gasteiger partial charge in [0.2, 0.25) is 0 Å². The number of thiophene rings is 1. The van der Waals surface area contributed by atoms with Gasteiger partial charge < -0.3 is 9.73 Å². The van der Waals surface area contributed by atoms with Crippen molar-refractivity contribution in [1.29, 1.82) is 0 Å². The molecule has 0 aliphatic carbocycles. The molecule has 5 nitrogen and oxygen atoms in total. The van der Waals surface area contributed by atoms with Gasteiger partial charge >= 0.3 is 0 Å². The van der Waals surface area contributed by atoms with Gasteiger partial charge in [0.05, 0.1) is 24.2 Å². The summed E-state index contributed by atoms with van der Waals surface area (Å²) >= 11 is 1.60. The summed E-state index contributed by atoms with van der Waals surface area (Å²) in [6, 6.07) is 5.27. The third-order valence-electron chi connectivity index (χ3n) is 2.73. The third-order valence-corrected chi connectivity index (χ3v) is 3.41. The largest absolute Gasteiger partial charge is 0.459 e. The lowest BCUT2D eigenvalue weighted by atomic mass is 10.2. The zero-order valence-corrected chi connectivity index (χ0v) is 11.3. The fourth-order valence-corrected chi connectivity index (χ4v) is 2.44. The van der Waals surface area contributed by atoms with Crippen molar-refractivity contribution < 1.29 is 9.21 Å². The van der Waals surface area contributed by atoms with Gasteiger partial charge in [0.25, 0.3) is 5.91 Å².